The molecule has 0 N–H and O–H groups in total. The van der Waals surface area contributed by atoms with Crippen molar-refractivity contribution < 1.29 is 4.74 Å². The summed E-state index contributed by atoms with van der Waals surface area (Å²) in [5.41, 5.74) is 2.41. The second-order valence-corrected chi connectivity index (χ2v) is 6.35. The van der Waals surface area contributed by atoms with Crippen LogP contribution in [-0.2, 0) is 0 Å². The number of fused-ring (bicyclic) bond motifs is 2. The monoisotopic (exact) mass is 273 g/mol. The zero-order chi connectivity index (χ0) is 13.6. The maximum absolute atomic E-state index is 5.97. The van der Waals surface area contributed by atoms with E-state index in [2.05, 4.69) is 37.9 Å². The van der Waals surface area contributed by atoms with Gasteiger partial charge in [0.1, 0.15) is 10.9 Å². The zero-order valence-electron chi connectivity index (χ0n) is 11.3. The molecule has 0 bridgehead atoms. The molecule has 1 aliphatic rings. The highest BCUT2D eigenvalue weighted by atomic mass is 35.5. The minimum Gasteiger partial charge on any atom is -0.438 e. The van der Waals surface area contributed by atoms with E-state index in [1.54, 1.807) is 0 Å². The molecule has 1 aliphatic heterocycles. The number of benzene rings is 1. The maximum atomic E-state index is 5.97. The molecule has 3 rings (SSSR count). The van der Waals surface area contributed by atoms with E-state index in [0.29, 0.717) is 11.0 Å². The average molecular weight is 274 g/mol. The van der Waals surface area contributed by atoms with Crippen molar-refractivity contribution in [1.82, 2.24) is 4.98 Å². The van der Waals surface area contributed by atoms with E-state index in [9.17, 15) is 0 Å². The first-order chi connectivity index (χ1) is 8.97. The smallest absolute Gasteiger partial charge is 0.224 e. The van der Waals surface area contributed by atoms with E-state index in [1.165, 1.54) is 5.56 Å². The summed E-state index contributed by atoms with van der Waals surface area (Å²) < 4.78 is 5.89. The van der Waals surface area contributed by atoms with Gasteiger partial charge in [0.05, 0.1) is 0 Å². The Morgan fingerprint density at radius 1 is 1.05 bits per heavy atom. The van der Waals surface area contributed by atoms with Gasteiger partial charge in [-0.2, -0.15) is 0 Å². The van der Waals surface area contributed by atoms with Crippen molar-refractivity contribution in [3.8, 4) is 11.6 Å². The van der Waals surface area contributed by atoms with Crippen LogP contribution in [0.3, 0.4) is 0 Å². The Morgan fingerprint density at radius 3 is 2.53 bits per heavy atom. The molecule has 0 amide bonds. The van der Waals surface area contributed by atoms with Crippen LogP contribution < -0.4 is 4.74 Å². The fourth-order valence-corrected chi connectivity index (χ4v) is 2.89. The highest BCUT2D eigenvalue weighted by molar-refractivity contribution is 6.29. The zero-order valence-corrected chi connectivity index (χ0v) is 12.0. The Kier molecular flexibility index (Phi) is 2.79. The number of hydrogen-bond acceptors (Lipinski definition) is 2. The molecule has 0 radical (unpaired) electrons. The summed E-state index contributed by atoms with van der Waals surface area (Å²) in [6.07, 6.45) is 0. The van der Waals surface area contributed by atoms with E-state index in [0.717, 1.165) is 11.3 Å². The molecule has 2 nitrogen and oxygen atoms in total. The highest BCUT2D eigenvalue weighted by Gasteiger charge is 2.36. The predicted octanol–water partition coefficient (Wildman–Crippen LogP) is 5.02. The number of pyridine rings is 1. The molecule has 2 heterocycles. The summed E-state index contributed by atoms with van der Waals surface area (Å²) in [5, 5.41) is 0.464. The number of hydrogen-bond donors (Lipinski definition) is 0. The average Bonchev–Trinajstić information content (AvgIpc) is 2.34. The SMILES string of the molecule is CC(C)(C)C1c2ccccc2Oc2nc(Cl)ccc21. The van der Waals surface area contributed by atoms with Crippen molar-refractivity contribution in [3.05, 3.63) is 52.7 Å². The third-order valence-electron chi connectivity index (χ3n) is 3.47. The van der Waals surface area contributed by atoms with Crippen molar-refractivity contribution >= 4 is 11.6 Å². The van der Waals surface area contributed by atoms with Crippen molar-refractivity contribution in [2.75, 3.05) is 0 Å². The first kappa shape index (κ1) is 12.5. The van der Waals surface area contributed by atoms with Crippen LogP contribution in [0, 0.1) is 5.41 Å². The summed E-state index contributed by atoms with van der Waals surface area (Å²) in [5.74, 6) is 1.77. The molecular weight excluding hydrogens is 258 g/mol. The fourth-order valence-electron chi connectivity index (χ4n) is 2.75. The lowest BCUT2D eigenvalue weighted by Crippen LogP contribution is -2.23. The molecule has 0 spiro atoms. The molecular formula is C16H16ClNO. The summed E-state index contributed by atoms with van der Waals surface area (Å²) in [6, 6.07) is 12.0. The number of ether oxygens (including phenoxy) is 1. The van der Waals surface area contributed by atoms with Crippen molar-refractivity contribution in [1.29, 1.82) is 0 Å². The largest absolute Gasteiger partial charge is 0.438 e. The lowest BCUT2D eigenvalue weighted by Gasteiger charge is -2.36. The number of rotatable bonds is 0. The number of aromatic nitrogens is 1. The van der Waals surface area contributed by atoms with Gasteiger partial charge in [-0.15, -0.1) is 0 Å². The Labute approximate surface area is 118 Å². The molecule has 1 unspecified atom stereocenters. The van der Waals surface area contributed by atoms with Gasteiger partial charge in [0.2, 0.25) is 5.88 Å². The van der Waals surface area contributed by atoms with Gasteiger partial charge in [-0.05, 0) is 23.6 Å². The van der Waals surface area contributed by atoms with Gasteiger partial charge < -0.3 is 4.74 Å². The first-order valence-electron chi connectivity index (χ1n) is 6.40. The molecule has 3 heteroatoms. The molecule has 0 saturated carbocycles. The second-order valence-electron chi connectivity index (χ2n) is 5.97. The highest BCUT2D eigenvalue weighted by Crippen LogP contribution is 2.50. The third kappa shape index (κ3) is 2.10. The maximum Gasteiger partial charge on any atom is 0.224 e. The fraction of sp³-hybridized carbons (Fsp3) is 0.312. The Bertz CT molecular complexity index is 631. The molecule has 0 fully saturated rings. The van der Waals surface area contributed by atoms with Gasteiger partial charge in [0.15, 0.2) is 0 Å². The van der Waals surface area contributed by atoms with Crippen LogP contribution in [0.2, 0.25) is 5.15 Å². The van der Waals surface area contributed by atoms with Gasteiger partial charge in [-0.25, -0.2) is 4.98 Å². The standard InChI is InChI=1S/C16H16ClNO/c1-16(2,3)14-10-6-4-5-7-12(10)19-15-11(14)8-9-13(17)18-15/h4-9,14H,1-3H3. The Morgan fingerprint density at radius 2 is 1.79 bits per heavy atom. The van der Waals surface area contributed by atoms with Crippen molar-refractivity contribution in [2.45, 2.75) is 26.7 Å². The van der Waals surface area contributed by atoms with Gasteiger partial charge in [-0.3, -0.25) is 0 Å². The normalized spacial score (nSPS) is 17.4. The van der Waals surface area contributed by atoms with Crippen LogP contribution in [0.1, 0.15) is 37.8 Å². The lowest BCUT2D eigenvalue weighted by molar-refractivity contribution is 0.320. The molecule has 19 heavy (non-hydrogen) atoms. The van der Waals surface area contributed by atoms with Crippen LogP contribution in [0.25, 0.3) is 0 Å². The van der Waals surface area contributed by atoms with E-state index in [1.807, 2.05) is 24.3 Å². The third-order valence-corrected chi connectivity index (χ3v) is 3.68. The quantitative estimate of drug-likeness (QED) is 0.629. The van der Waals surface area contributed by atoms with Crippen LogP contribution in [0.4, 0.5) is 0 Å². The lowest BCUT2D eigenvalue weighted by atomic mass is 9.72. The van der Waals surface area contributed by atoms with E-state index < -0.39 is 0 Å². The van der Waals surface area contributed by atoms with E-state index >= 15 is 0 Å². The van der Waals surface area contributed by atoms with Crippen molar-refractivity contribution in [2.24, 2.45) is 5.41 Å². The second kappa shape index (κ2) is 4.24. The van der Waals surface area contributed by atoms with Crippen LogP contribution in [0.15, 0.2) is 36.4 Å². The number of para-hydroxylation sites is 1. The van der Waals surface area contributed by atoms with E-state index in [4.69, 9.17) is 16.3 Å². The van der Waals surface area contributed by atoms with Gasteiger partial charge in [0.25, 0.3) is 0 Å². The molecule has 0 saturated heterocycles. The van der Waals surface area contributed by atoms with E-state index in [-0.39, 0.29) is 11.3 Å². The molecule has 1 aromatic heterocycles. The summed E-state index contributed by atoms with van der Waals surface area (Å²) in [6.45, 7) is 6.70. The van der Waals surface area contributed by atoms with Crippen LogP contribution in [-0.4, -0.2) is 4.98 Å². The van der Waals surface area contributed by atoms with Gasteiger partial charge in [-0.1, -0.05) is 50.6 Å². The summed E-state index contributed by atoms with van der Waals surface area (Å²) in [4.78, 5) is 4.32. The minimum absolute atomic E-state index is 0.0874. The Balaban J connectivity index is 2.24. The van der Waals surface area contributed by atoms with Gasteiger partial charge in [0, 0.05) is 17.0 Å². The molecule has 1 aromatic carbocycles. The number of halogens is 1. The molecule has 98 valence electrons. The first-order valence-corrected chi connectivity index (χ1v) is 6.78. The molecule has 2 aromatic rings. The van der Waals surface area contributed by atoms with Crippen LogP contribution >= 0.6 is 11.6 Å². The number of nitrogens with zero attached hydrogens (tertiary/aromatic N) is 1. The van der Waals surface area contributed by atoms with Crippen molar-refractivity contribution in [3.63, 3.8) is 0 Å². The molecule has 0 aliphatic carbocycles. The minimum atomic E-state index is 0.0874. The summed E-state index contributed by atoms with van der Waals surface area (Å²) in [7, 11) is 0. The van der Waals surface area contributed by atoms with Crippen LogP contribution in [0.5, 0.6) is 11.6 Å². The molecule has 1 atom stereocenters. The Hall–Kier alpha value is -1.54. The summed E-state index contributed by atoms with van der Waals surface area (Å²) >= 11 is 5.97. The predicted molar refractivity (Wildman–Crippen MR) is 77.1 cm³/mol. The topological polar surface area (TPSA) is 22.1 Å². The van der Waals surface area contributed by atoms with Gasteiger partial charge >= 0.3 is 0 Å².